The maximum Gasteiger partial charge on any atom is 0.421 e. The van der Waals surface area contributed by atoms with Crippen LogP contribution in [0.25, 0.3) is 11.2 Å². The molecule has 106 valence electrons. The molecule has 3 aromatic rings. The van der Waals surface area contributed by atoms with Gasteiger partial charge in [0.05, 0.1) is 6.54 Å². The predicted molar refractivity (Wildman–Crippen MR) is 78.5 cm³/mol. The first kappa shape index (κ1) is 13.3. The quantitative estimate of drug-likeness (QED) is 0.692. The van der Waals surface area contributed by atoms with Gasteiger partial charge in [-0.2, -0.15) is 0 Å². The number of rotatable bonds is 3. The largest absolute Gasteiger partial charge is 0.421 e. The molecule has 5 nitrogen and oxygen atoms in total. The van der Waals surface area contributed by atoms with Crippen molar-refractivity contribution in [3.63, 3.8) is 0 Å². The first-order valence-corrected chi connectivity index (χ1v) is 6.61. The van der Waals surface area contributed by atoms with E-state index in [1.807, 2.05) is 26.0 Å². The summed E-state index contributed by atoms with van der Waals surface area (Å²) in [6.45, 7) is 3.86. The lowest BCUT2D eigenvalue weighted by Gasteiger charge is -2.05. The van der Waals surface area contributed by atoms with Crippen molar-refractivity contribution in [3.8, 4) is 0 Å². The van der Waals surface area contributed by atoms with Crippen LogP contribution >= 0.6 is 0 Å². The second-order valence-corrected chi connectivity index (χ2v) is 5.00. The third kappa shape index (κ3) is 2.38. The zero-order chi connectivity index (χ0) is 15.0. The molecule has 0 atom stereocenters. The summed E-state index contributed by atoms with van der Waals surface area (Å²) in [6, 6.07) is 8.84. The van der Waals surface area contributed by atoms with Gasteiger partial charge in [0.15, 0.2) is 17.0 Å². The summed E-state index contributed by atoms with van der Waals surface area (Å²) < 4.78 is 6.33. The molecule has 0 unspecified atom stereocenters. The van der Waals surface area contributed by atoms with Gasteiger partial charge in [-0.25, -0.2) is 9.78 Å². The number of hydrogen-bond donors (Lipinski definition) is 0. The highest BCUT2D eigenvalue weighted by atomic mass is 16.4. The van der Waals surface area contributed by atoms with Crippen LogP contribution in [0, 0.1) is 13.8 Å². The average Bonchev–Trinajstić information content (AvgIpc) is 2.78. The molecule has 0 saturated carbocycles. The lowest BCUT2D eigenvalue weighted by molar-refractivity contribution is 0.0970. The van der Waals surface area contributed by atoms with Crippen LogP contribution < -0.4 is 5.76 Å². The van der Waals surface area contributed by atoms with Gasteiger partial charge in [-0.05, 0) is 43.2 Å². The van der Waals surface area contributed by atoms with E-state index in [0.29, 0.717) is 16.8 Å². The number of aromatic nitrogens is 2. The highest BCUT2D eigenvalue weighted by Gasteiger charge is 2.15. The molecule has 0 aliphatic heterocycles. The highest BCUT2D eigenvalue weighted by Crippen LogP contribution is 2.13. The number of benzene rings is 1. The van der Waals surface area contributed by atoms with E-state index in [1.165, 1.54) is 4.57 Å². The first-order valence-electron chi connectivity index (χ1n) is 6.61. The first-order chi connectivity index (χ1) is 10.1. The summed E-state index contributed by atoms with van der Waals surface area (Å²) in [4.78, 5) is 28.3. The molecular weight excluding hydrogens is 268 g/mol. The molecule has 3 rings (SSSR count). The Hall–Kier alpha value is -2.69. The van der Waals surface area contributed by atoms with Gasteiger partial charge in [0.2, 0.25) is 0 Å². The molecule has 0 aliphatic carbocycles. The Labute approximate surface area is 120 Å². The number of aryl methyl sites for hydroxylation is 2. The van der Waals surface area contributed by atoms with Crippen LogP contribution in [0.3, 0.4) is 0 Å². The van der Waals surface area contributed by atoms with Crippen molar-refractivity contribution in [2.45, 2.75) is 20.4 Å². The molecule has 0 amide bonds. The number of carbonyl (C=O) groups excluding carboxylic acids is 1. The van der Waals surface area contributed by atoms with Crippen LogP contribution in [0.1, 0.15) is 21.5 Å². The van der Waals surface area contributed by atoms with Crippen LogP contribution in [0.2, 0.25) is 0 Å². The molecular formula is C16H14N2O3. The standard InChI is InChI=1S/C16H14N2O3/c1-10-5-6-12(8-11(10)2)13(19)9-18-15-14(21-16(18)20)4-3-7-17-15/h3-8H,9H2,1-2H3. The number of pyridine rings is 1. The zero-order valence-corrected chi connectivity index (χ0v) is 11.8. The van der Waals surface area contributed by atoms with Crippen LogP contribution in [0.15, 0.2) is 45.7 Å². The van der Waals surface area contributed by atoms with E-state index in [-0.39, 0.29) is 12.3 Å². The second kappa shape index (κ2) is 5.01. The van der Waals surface area contributed by atoms with Crippen LogP contribution in [0.4, 0.5) is 0 Å². The molecule has 2 aromatic heterocycles. The summed E-state index contributed by atoms with van der Waals surface area (Å²) in [5, 5.41) is 0. The number of ketones is 1. The molecule has 0 aliphatic rings. The normalized spacial score (nSPS) is 11.0. The Kier molecular flexibility index (Phi) is 3.17. The van der Waals surface area contributed by atoms with Gasteiger partial charge in [0.25, 0.3) is 0 Å². The van der Waals surface area contributed by atoms with Gasteiger partial charge in [-0.3, -0.25) is 9.36 Å². The second-order valence-electron chi connectivity index (χ2n) is 5.00. The molecule has 1 aromatic carbocycles. The van der Waals surface area contributed by atoms with Crippen molar-refractivity contribution in [1.29, 1.82) is 0 Å². The molecule has 0 fully saturated rings. The molecule has 0 N–H and O–H groups in total. The fourth-order valence-electron chi connectivity index (χ4n) is 2.19. The molecule has 2 heterocycles. The van der Waals surface area contributed by atoms with Crippen molar-refractivity contribution in [1.82, 2.24) is 9.55 Å². The van der Waals surface area contributed by atoms with E-state index in [4.69, 9.17) is 4.42 Å². The average molecular weight is 282 g/mol. The van der Waals surface area contributed by atoms with Crippen LogP contribution in [-0.4, -0.2) is 15.3 Å². The van der Waals surface area contributed by atoms with E-state index in [1.54, 1.807) is 24.4 Å². The van der Waals surface area contributed by atoms with Crippen LogP contribution in [-0.2, 0) is 6.54 Å². The highest BCUT2D eigenvalue weighted by molar-refractivity contribution is 5.96. The lowest BCUT2D eigenvalue weighted by atomic mass is 10.0. The summed E-state index contributed by atoms with van der Waals surface area (Å²) >= 11 is 0. The maximum atomic E-state index is 12.3. The molecule has 5 heteroatoms. The number of Topliss-reactive ketones (excluding diaryl/α,β-unsaturated/α-hetero) is 1. The minimum absolute atomic E-state index is 0.0780. The zero-order valence-electron chi connectivity index (χ0n) is 11.8. The minimum Gasteiger partial charge on any atom is -0.406 e. The smallest absolute Gasteiger partial charge is 0.406 e. The Morgan fingerprint density at radius 3 is 2.81 bits per heavy atom. The van der Waals surface area contributed by atoms with Crippen molar-refractivity contribution in [2.75, 3.05) is 0 Å². The molecule has 0 bridgehead atoms. The number of hydrogen-bond acceptors (Lipinski definition) is 4. The molecule has 0 saturated heterocycles. The number of nitrogens with zero attached hydrogens (tertiary/aromatic N) is 2. The fraction of sp³-hybridized carbons (Fsp3) is 0.188. The van der Waals surface area contributed by atoms with Crippen molar-refractivity contribution >= 4 is 17.0 Å². The summed E-state index contributed by atoms with van der Waals surface area (Å²) in [5.41, 5.74) is 3.52. The number of oxazole rings is 1. The Morgan fingerprint density at radius 1 is 1.24 bits per heavy atom. The van der Waals surface area contributed by atoms with Crippen molar-refractivity contribution in [2.24, 2.45) is 0 Å². The van der Waals surface area contributed by atoms with E-state index in [0.717, 1.165) is 11.1 Å². The predicted octanol–water partition coefficient (Wildman–Crippen LogP) is 2.49. The van der Waals surface area contributed by atoms with Gasteiger partial charge in [-0.1, -0.05) is 12.1 Å². The third-order valence-electron chi connectivity index (χ3n) is 3.55. The fourth-order valence-corrected chi connectivity index (χ4v) is 2.19. The number of fused-ring (bicyclic) bond motifs is 1. The topological polar surface area (TPSA) is 65.1 Å². The van der Waals surface area contributed by atoms with Gasteiger partial charge < -0.3 is 4.42 Å². The van der Waals surface area contributed by atoms with E-state index < -0.39 is 5.76 Å². The van der Waals surface area contributed by atoms with Gasteiger partial charge in [0.1, 0.15) is 0 Å². The summed E-state index contributed by atoms with van der Waals surface area (Å²) in [6.07, 6.45) is 1.56. The molecule has 21 heavy (non-hydrogen) atoms. The lowest BCUT2D eigenvalue weighted by Crippen LogP contribution is -2.20. The minimum atomic E-state index is -0.569. The number of carbonyl (C=O) groups is 1. The Morgan fingerprint density at radius 2 is 2.05 bits per heavy atom. The molecule has 0 radical (unpaired) electrons. The Balaban J connectivity index is 1.98. The summed E-state index contributed by atoms with van der Waals surface area (Å²) in [7, 11) is 0. The maximum absolute atomic E-state index is 12.3. The van der Waals surface area contributed by atoms with Gasteiger partial charge >= 0.3 is 5.76 Å². The SMILES string of the molecule is Cc1ccc(C(=O)Cn2c(=O)oc3cccnc32)cc1C. The Bertz CT molecular complexity index is 890. The van der Waals surface area contributed by atoms with Gasteiger partial charge in [0, 0.05) is 11.8 Å². The van der Waals surface area contributed by atoms with Crippen molar-refractivity contribution in [3.05, 3.63) is 63.8 Å². The monoisotopic (exact) mass is 282 g/mol. The third-order valence-corrected chi connectivity index (χ3v) is 3.55. The molecule has 0 spiro atoms. The van der Waals surface area contributed by atoms with Crippen LogP contribution in [0.5, 0.6) is 0 Å². The summed E-state index contributed by atoms with van der Waals surface area (Å²) in [5.74, 6) is -0.713. The van der Waals surface area contributed by atoms with Gasteiger partial charge in [-0.15, -0.1) is 0 Å². The van der Waals surface area contributed by atoms with E-state index in [9.17, 15) is 9.59 Å². The van der Waals surface area contributed by atoms with E-state index in [2.05, 4.69) is 4.98 Å². The van der Waals surface area contributed by atoms with E-state index >= 15 is 0 Å². The van der Waals surface area contributed by atoms with Crippen molar-refractivity contribution < 1.29 is 9.21 Å².